The maximum absolute atomic E-state index is 12.4. The van der Waals surface area contributed by atoms with Crippen molar-refractivity contribution in [3.63, 3.8) is 0 Å². The maximum Gasteiger partial charge on any atom is 0.317 e. The fourth-order valence-electron chi connectivity index (χ4n) is 3.10. The van der Waals surface area contributed by atoms with Gasteiger partial charge in [0.05, 0.1) is 11.8 Å². The number of aryl methyl sites for hydroxylation is 1. The van der Waals surface area contributed by atoms with E-state index < -0.39 is 9.84 Å². The normalized spacial score (nSPS) is 18.2. The molecule has 5 nitrogen and oxygen atoms in total. The molecule has 0 spiro atoms. The molecule has 0 saturated carbocycles. The minimum absolute atomic E-state index is 0.0955. The van der Waals surface area contributed by atoms with E-state index in [1.165, 1.54) is 22.9 Å². The predicted molar refractivity (Wildman–Crippen MR) is 92.3 cm³/mol. The summed E-state index contributed by atoms with van der Waals surface area (Å²) in [4.78, 5) is 14.3. The Hall–Kier alpha value is -1.56. The molecular formula is C17H26N2O3S. The molecule has 0 bridgehead atoms. The van der Waals surface area contributed by atoms with E-state index in [9.17, 15) is 13.2 Å². The summed E-state index contributed by atoms with van der Waals surface area (Å²) in [5, 5.41) is 2.85. The molecule has 0 aliphatic carbocycles. The third kappa shape index (κ3) is 4.70. The highest BCUT2D eigenvalue weighted by molar-refractivity contribution is 7.90. The maximum atomic E-state index is 12.4. The van der Waals surface area contributed by atoms with Crippen molar-refractivity contribution >= 4 is 15.9 Å². The third-order valence-electron chi connectivity index (χ3n) is 4.49. The minimum Gasteiger partial charge on any atom is -0.338 e. The van der Waals surface area contributed by atoms with Crippen molar-refractivity contribution in [2.24, 2.45) is 0 Å². The molecule has 1 N–H and O–H groups in total. The molecule has 1 aromatic rings. The molecule has 0 aromatic heterocycles. The van der Waals surface area contributed by atoms with Gasteiger partial charge in [-0.15, -0.1) is 0 Å². The van der Waals surface area contributed by atoms with Crippen LogP contribution in [0.15, 0.2) is 18.2 Å². The first-order chi connectivity index (χ1) is 10.8. The van der Waals surface area contributed by atoms with E-state index in [-0.39, 0.29) is 17.8 Å². The molecule has 0 unspecified atom stereocenters. The summed E-state index contributed by atoms with van der Waals surface area (Å²) in [6.45, 7) is 5.33. The summed E-state index contributed by atoms with van der Waals surface area (Å²) in [6.07, 6.45) is 3.63. The lowest BCUT2D eigenvalue weighted by Crippen LogP contribution is -2.40. The highest BCUT2D eigenvalue weighted by Gasteiger charge is 2.30. The van der Waals surface area contributed by atoms with Crippen molar-refractivity contribution in [3.8, 4) is 0 Å². The van der Waals surface area contributed by atoms with Crippen molar-refractivity contribution in [3.05, 3.63) is 34.9 Å². The quantitative estimate of drug-likeness (QED) is 0.839. The van der Waals surface area contributed by atoms with E-state index in [2.05, 4.69) is 31.3 Å². The Kier molecular flexibility index (Phi) is 5.68. The van der Waals surface area contributed by atoms with Crippen LogP contribution in [0.2, 0.25) is 0 Å². The number of likely N-dealkylation sites (tertiary alicyclic amines) is 1. The average Bonchev–Trinajstić information content (AvgIpc) is 2.94. The number of hydrogen-bond acceptors (Lipinski definition) is 3. The van der Waals surface area contributed by atoms with Crippen LogP contribution in [-0.2, 0) is 9.84 Å². The SMILES string of the molecule is Cc1cccc([C@@H]2CCCN2C(=O)NCCCS(C)(=O)=O)c1C. The zero-order valence-electron chi connectivity index (χ0n) is 14.1. The molecule has 1 aliphatic rings. The van der Waals surface area contributed by atoms with Crippen LogP contribution in [0.5, 0.6) is 0 Å². The summed E-state index contributed by atoms with van der Waals surface area (Å²) in [5.74, 6) is 0.105. The number of carbonyl (C=O) groups is 1. The molecule has 128 valence electrons. The molecule has 1 saturated heterocycles. The Labute approximate surface area is 139 Å². The molecule has 1 heterocycles. The lowest BCUT2D eigenvalue weighted by atomic mass is 9.96. The smallest absolute Gasteiger partial charge is 0.317 e. The van der Waals surface area contributed by atoms with Gasteiger partial charge in [-0.1, -0.05) is 18.2 Å². The number of nitrogens with zero attached hydrogens (tertiary/aromatic N) is 1. The lowest BCUT2D eigenvalue weighted by molar-refractivity contribution is 0.193. The third-order valence-corrected chi connectivity index (χ3v) is 5.52. The van der Waals surface area contributed by atoms with E-state index in [1.54, 1.807) is 0 Å². The summed E-state index contributed by atoms with van der Waals surface area (Å²) in [7, 11) is -2.97. The van der Waals surface area contributed by atoms with E-state index >= 15 is 0 Å². The topological polar surface area (TPSA) is 66.5 Å². The molecule has 6 heteroatoms. The average molecular weight is 338 g/mol. The van der Waals surface area contributed by atoms with Crippen LogP contribution in [0.4, 0.5) is 4.79 Å². The van der Waals surface area contributed by atoms with Gasteiger partial charge in [-0.3, -0.25) is 0 Å². The second-order valence-corrected chi connectivity index (χ2v) is 8.62. The van der Waals surface area contributed by atoms with Crippen LogP contribution >= 0.6 is 0 Å². The van der Waals surface area contributed by atoms with Gasteiger partial charge >= 0.3 is 6.03 Å². The van der Waals surface area contributed by atoms with Crippen molar-refractivity contribution in [2.45, 2.75) is 39.2 Å². The van der Waals surface area contributed by atoms with Crippen molar-refractivity contribution < 1.29 is 13.2 Å². The molecule has 1 fully saturated rings. The Balaban J connectivity index is 1.98. The molecule has 0 radical (unpaired) electrons. The molecular weight excluding hydrogens is 312 g/mol. The summed E-state index contributed by atoms with van der Waals surface area (Å²) in [6, 6.07) is 6.25. The van der Waals surface area contributed by atoms with E-state index in [0.717, 1.165) is 19.4 Å². The first-order valence-corrected chi connectivity index (χ1v) is 10.1. The number of amides is 2. The highest BCUT2D eigenvalue weighted by Crippen LogP contribution is 2.34. The number of benzene rings is 1. The number of carbonyl (C=O) groups excluding carboxylic acids is 1. The Bertz CT molecular complexity index is 670. The largest absolute Gasteiger partial charge is 0.338 e. The van der Waals surface area contributed by atoms with Gasteiger partial charge in [-0.05, 0) is 49.8 Å². The lowest BCUT2D eigenvalue weighted by Gasteiger charge is -2.27. The van der Waals surface area contributed by atoms with Crippen LogP contribution in [0.25, 0.3) is 0 Å². The second-order valence-electron chi connectivity index (χ2n) is 6.36. The second kappa shape index (κ2) is 7.34. The van der Waals surface area contributed by atoms with Gasteiger partial charge in [0.25, 0.3) is 0 Å². The van der Waals surface area contributed by atoms with Crippen LogP contribution in [-0.4, -0.2) is 44.4 Å². The first kappa shape index (κ1) is 17.8. The van der Waals surface area contributed by atoms with Crippen LogP contribution in [0.1, 0.15) is 42.0 Å². The van der Waals surface area contributed by atoms with Crippen LogP contribution < -0.4 is 5.32 Å². The summed E-state index contributed by atoms with van der Waals surface area (Å²) < 4.78 is 22.2. The zero-order chi connectivity index (χ0) is 17.0. The number of nitrogens with one attached hydrogen (secondary N) is 1. The zero-order valence-corrected chi connectivity index (χ0v) is 14.9. The predicted octanol–water partition coefficient (Wildman–Crippen LogP) is 2.58. The Morgan fingerprint density at radius 1 is 1.35 bits per heavy atom. The van der Waals surface area contributed by atoms with Gasteiger partial charge in [0.15, 0.2) is 0 Å². The molecule has 2 rings (SSSR count). The molecule has 2 amide bonds. The first-order valence-electron chi connectivity index (χ1n) is 8.08. The number of urea groups is 1. The van der Waals surface area contributed by atoms with Gasteiger partial charge in [0.2, 0.25) is 0 Å². The van der Waals surface area contributed by atoms with Gasteiger partial charge in [-0.25, -0.2) is 13.2 Å². The fraction of sp³-hybridized carbons (Fsp3) is 0.588. The molecule has 1 aliphatic heterocycles. The Morgan fingerprint density at radius 2 is 2.09 bits per heavy atom. The van der Waals surface area contributed by atoms with E-state index in [4.69, 9.17) is 0 Å². The van der Waals surface area contributed by atoms with E-state index in [1.807, 2.05) is 11.0 Å². The monoisotopic (exact) mass is 338 g/mol. The molecule has 1 aromatic carbocycles. The van der Waals surface area contributed by atoms with Crippen molar-refractivity contribution in [2.75, 3.05) is 25.1 Å². The number of sulfone groups is 1. The van der Waals surface area contributed by atoms with Gasteiger partial charge < -0.3 is 10.2 Å². The van der Waals surface area contributed by atoms with Gasteiger partial charge in [0.1, 0.15) is 9.84 Å². The van der Waals surface area contributed by atoms with Gasteiger partial charge in [0, 0.05) is 19.3 Å². The summed E-state index contributed by atoms with van der Waals surface area (Å²) >= 11 is 0. The standard InChI is InChI=1S/C17H26N2O3S/c1-13-7-4-8-15(14(13)2)16-9-5-11-19(16)17(20)18-10-6-12-23(3,21)22/h4,7-8,16H,5-6,9-12H2,1-3H3,(H,18,20)/t16-/m0/s1. The number of hydrogen-bond donors (Lipinski definition) is 1. The number of rotatable bonds is 5. The molecule has 23 heavy (non-hydrogen) atoms. The van der Waals surface area contributed by atoms with E-state index in [0.29, 0.717) is 13.0 Å². The van der Waals surface area contributed by atoms with Crippen LogP contribution in [0.3, 0.4) is 0 Å². The fourth-order valence-corrected chi connectivity index (χ4v) is 3.77. The minimum atomic E-state index is -2.97. The molecule has 1 atom stereocenters. The van der Waals surface area contributed by atoms with Crippen molar-refractivity contribution in [1.82, 2.24) is 10.2 Å². The van der Waals surface area contributed by atoms with Gasteiger partial charge in [-0.2, -0.15) is 0 Å². The summed E-state index contributed by atoms with van der Waals surface area (Å²) in [5.41, 5.74) is 3.70. The Morgan fingerprint density at radius 3 is 2.78 bits per heavy atom. The van der Waals surface area contributed by atoms with Crippen LogP contribution in [0, 0.1) is 13.8 Å². The van der Waals surface area contributed by atoms with Crippen molar-refractivity contribution in [1.29, 1.82) is 0 Å². The highest BCUT2D eigenvalue weighted by atomic mass is 32.2.